The summed E-state index contributed by atoms with van der Waals surface area (Å²) in [5.74, 6) is -0.0793. The van der Waals surface area contributed by atoms with Crippen LogP contribution in [0, 0.1) is 0 Å². The van der Waals surface area contributed by atoms with Crippen LogP contribution < -0.4 is 5.73 Å². The van der Waals surface area contributed by atoms with Gasteiger partial charge in [-0.3, -0.25) is 9.59 Å². The number of carbonyl (C=O) groups excluding carboxylic acids is 2. The molecule has 7 heteroatoms. The van der Waals surface area contributed by atoms with Crippen molar-refractivity contribution in [3.05, 3.63) is 77.4 Å². The Bertz CT molecular complexity index is 1450. The number of amides is 2. The maximum atomic E-state index is 13.0. The number of nitrogens with zero attached hydrogens (tertiary/aromatic N) is 3. The van der Waals surface area contributed by atoms with E-state index in [1.54, 1.807) is 0 Å². The van der Waals surface area contributed by atoms with Crippen LogP contribution in [0.2, 0.25) is 0 Å². The number of nitrogens with one attached hydrogen (secondary N) is 1. The number of benzene rings is 3. The highest BCUT2D eigenvalue weighted by atomic mass is 16.2. The number of likely N-dealkylation sites (N-methyl/N-ethyl adjacent to an activating group) is 1. The van der Waals surface area contributed by atoms with Crippen molar-refractivity contribution >= 4 is 22.8 Å². The van der Waals surface area contributed by atoms with Gasteiger partial charge in [-0.25, -0.2) is 4.98 Å². The number of piperazine rings is 1. The van der Waals surface area contributed by atoms with E-state index in [2.05, 4.69) is 16.9 Å². The number of carbonyl (C=O) groups is 2. The van der Waals surface area contributed by atoms with Crippen molar-refractivity contribution in [2.45, 2.75) is 5.92 Å². The molecule has 6 rings (SSSR count). The molecule has 34 heavy (non-hydrogen) atoms. The SMILES string of the molecule is CN1CCN(C(=O)c2ccc3nc(-c4cccc5c4-c4ccccc4[C@H]5C(N)=O)[nH]c3c2)CC1. The molecule has 2 heterocycles. The number of imidazole rings is 1. The maximum absolute atomic E-state index is 13.0. The molecule has 2 amide bonds. The van der Waals surface area contributed by atoms with Crippen molar-refractivity contribution in [2.24, 2.45) is 5.73 Å². The minimum absolute atomic E-state index is 0.0463. The van der Waals surface area contributed by atoms with Gasteiger partial charge in [0.25, 0.3) is 5.91 Å². The van der Waals surface area contributed by atoms with Crippen LogP contribution in [0.1, 0.15) is 27.4 Å². The molecule has 7 nitrogen and oxygen atoms in total. The lowest BCUT2D eigenvalue weighted by molar-refractivity contribution is -0.118. The summed E-state index contributed by atoms with van der Waals surface area (Å²) in [4.78, 5) is 37.7. The fraction of sp³-hybridized carbons (Fsp3) is 0.222. The number of hydrogen-bond acceptors (Lipinski definition) is 4. The van der Waals surface area contributed by atoms with E-state index in [9.17, 15) is 9.59 Å². The average molecular weight is 452 g/mol. The highest BCUT2D eigenvalue weighted by Crippen LogP contribution is 2.48. The van der Waals surface area contributed by atoms with Crippen molar-refractivity contribution in [2.75, 3.05) is 33.2 Å². The first-order valence-corrected chi connectivity index (χ1v) is 11.5. The van der Waals surface area contributed by atoms with Gasteiger partial charge in [0.05, 0.1) is 17.0 Å². The summed E-state index contributed by atoms with van der Waals surface area (Å²) >= 11 is 0. The summed E-state index contributed by atoms with van der Waals surface area (Å²) in [6, 6.07) is 19.4. The van der Waals surface area contributed by atoms with Gasteiger partial charge in [-0.05, 0) is 47.5 Å². The zero-order valence-electron chi connectivity index (χ0n) is 18.9. The first-order chi connectivity index (χ1) is 16.5. The van der Waals surface area contributed by atoms with Gasteiger partial charge in [0, 0.05) is 37.3 Å². The summed E-state index contributed by atoms with van der Waals surface area (Å²) in [5, 5.41) is 0. The van der Waals surface area contributed by atoms with Crippen LogP contribution in [0.25, 0.3) is 33.5 Å². The summed E-state index contributed by atoms with van der Waals surface area (Å²) in [7, 11) is 2.07. The molecule has 0 spiro atoms. The van der Waals surface area contributed by atoms with Crippen LogP contribution >= 0.6 is 0 Å². The van der Waals surface area contributed by atoms with Crippen molar-refractivity contribution < 1.29 is 9.59 Å². The first kappa shape index (κ1) is 20.6. The van der Waals surface area contributed by atoms with Gasteiger partial charge >= 0.3 is 0 Å². The Hall–Kier alpha value is -3.97. The van der Waals surface area contributed by atoms with Crippen LogP contribution in [0.5, 0.6) is 0 Å². The molecular formula is C27H25N5O2. The Kier molecular flexibility index (Phi) is 4.74. The van der Waals surface area contributed by atoms with Gasteiger partial charge in [-0.1, -0.05) is 42.5 Å². The molecule has 0 bridgehead atoms. The number of H-pyrrole nitrogens is 1. The number of aromatic nitrogens is 2. The minimum atomic E-state index is -0.469. The van der Waals surface area contributed by atoms with E-state index >= 15 is 0 Å². The number of aromatic amines is 1. The monoisotopic (exact) mass is 451 g/mol. The van der Waals surface area contributed by atoms with E-state index in [4.69, 9.17) is 10.7 Å². The van der Waals surface area contributed by atoms with Crippen LogP contribution in [0.3, 0.4) is 0 Å². The Morgan fingerprint density at radius 1 is 0.941 bits per heavy atom. The summed E-state index contributed by atoms with van der Waals surface area (Å²) in [6.45, 7) is 3.24. The molecule has 3 N–H and O–H groups in total. The number of nitrogens with two attached hydrogens (primary N) is 1. The molecule has 3 aromatic carbocycles. The van der Waals surface area contributed by atoms with Crippen LogP contribution in [0.15, 0.2) is 60.7 Å². The molecular weight excluding hydrogens is 426 g/mol. The topological polar surface area (TPSA) is 95.3 Å². The van der Waals surface area contributed by atoms with E-state index in [1.807, 2.05) is 65.6 Å². The highest BCUT2D eigenvalue weighted by Gasteiger charge is 2.34. The number of hydrogen-bond donors (Lipinski definition) is 2. The molecule has 170 valence electrons. The summed E-state index contributed by atoms with van der Waals surface area (Å²) < 4.78 is 0. The van der Waals surface area contributed by atoms with E-state index < -0.39 is 5.92 Å². The number of primary amides is 1. The third-order valence-corrected chi connectivity index (χ3v) is 7.01. The van der Waals surface area contributed by atoms with Gasteiger partial charge in [-0.2, -0.15) is 0 Å². The van der Waals surface area contributed by atoms with Gasteiger partial charge < -0.3 is 20.5 Å². The lowest BCUT2D eigenvalue weighted by atomic mass is 9.95. The molecule has 0 unspecified atom stereocenters. The van der Waals surface area contributed by atoms with Gasteiger partial charge in [-0.15, -0.1) is 0 Å². The van der Waals surface area contributed by atoms with Crippen LogP contribution in [-0.2, 0) is 4.79 Å². The van der Waals surface area contributed by atoms with E-state index in [0.29, 0.717) is 11.4 Å². The van der Waals surface area contributed by atoms with Crippen LogP contribution in [-0.4, -0.2) is 64.8 Å². The third-order valence-electron chi connectivity index (χ3n) is 7.01. The van der Waals surface area contributed by atoms with Gasteiger partial charge in [0.2, 0.25) is 5.91 Å². The van der Waals surface area contributed by atoms with Crippen molar-refractivity contribution in [1.29, 1.82) is 0 Å². The molecule has 1 saturated heterocycles. The molecule has 1 fully saturated rings. The predicted molar refractivity (Wildman–Crippen MR) is 131 cm³/mol. The van der Waals surface area contributed by atoms with Crippen molar-refractivity contribution in [1.82, 2.24) is 19.8 Å². The Morgan fingerprint density at radius 2 is 1.68 bits per heavy atom. The fourth-order valence-electron chi connectivity index (χ4n) is 5.22. The van der Waals surface area contributed by atoms with Gasteiger partial charge in [0.15, 0.2) is 0 Å². The Balaban J connectivity index is 1.41. The second kappa shape index (κ2) is 7.81. The molecule has 4 aromatic rings. The zero-order chi connectivity index (χ0) is 23.4. The normalized spacial score (nSPS) is 17.6. The highest BCUT2D eigenvalue weighted by molar-refractivity contribution is 6.01. The molecule has 0 saturated carbocycles. The Morgan fingerprint density at radius 3 is 2.47 bits per heavy atom. The van der Waals surface area contributed by atoms with E-state index in [-0.39, 0.29) is 11.8 Å². The average Bonchev–Trinajstić information content (AvgIpc) is 3.42. The minimum Gasteiger partial charge on any atom is -0.369 e. The number of rotatable bonds is 3. The fourth-order valence-corrected chi connectivity index (χ4v) is 5.22. The van der Waals surface area contributed by atoms with Crippen molar-refractivity contribution in [3.8, 4) is 22.5 Å². The Labute approximate surface area is 197 Å². The van der Waals surface area contributed by atoms with E-state index in [0.717, 1.165) is 65.0 Å². The zero-order valence-corrected chi connectivity index (χ0v) is 18.9. The summed E-state index contributed by atoms with van der Waals surface area (Å²) in [6.07, 6.45) is 0. The van der Waals surface area contributed by atoms with E-state index in [1.165, 1.54) is 0 Å². The predicted octanol–water partition coefficient (Wildman–Crippen LogP) is 3.22. The third kappa shape index (κ3) is 3.20. The van der Waals surface area contributed by atoms with Crippen molar-refractivity contribution in [3.63, 3.8) is 0 Å². The molecule has 1 aliphatic heterocycles. The molecule has 1 aromatic heterocycles. The second-order valence-electron chi connectivity index (χ2n) is 9.11. The molecule has 1 atom stereocenters. The first-order valence-electron chi connectivity index (χ1n) is 11.5. The largest absolute Gasteiger partial charge is 0.369 e. The summed E-state index contributed by atoms with van der Waals surface area (Å²) in [5.41, 5.74) is 12.8. The van der Waals surface area contributed by atoms with Crippen LogP contribution in [0.4, 0.5) is 0 Å². The molecule has 1 aliphatic carbocycles. The molecule has 2 aliphatic rings. The number of fused-ring (bicyclic) bond motifs is 4. The lowest BCUT2D eigenvalue weighted by Gasteiger charge is -2.32. The lowest BCUT2D eigenvalue weighted by Crippen LogP contribution is -2.47. The smallest absolute Gasteiger partial charge is 0.254 e. The standard InChI is InChI=1S/C27H25N5O2/c1-31-11-13-32(14-12-31)27(34)16-9-10-21-22(15-16)30-26(29-21)20-8-4-7-19-23(20)17-5-2-3-6-18(17)24(19)25(28)33/h2-10,15,24H,11-14H2,1H3,(H2,28,33)(H,29,30)/t24-/m1/s1. The maximum Gasteiger partial charge on any atom is 0.254 e. The quantitative estimate of drug-likeness (QED) is 0.500. The van der Waals surface area contributed by atoms with Gasteiger partial charge in [0.1, 0.15) is 5.82 Å². The molecule has 0 radical (unpaired) electrons. The second-order valence-corrected chi connectivity index (χ2v) is 9.11.